The molecule has 1 rings (SSSR count). The molecule has 0 heterocycles. The molecular formula is C13H19Cl2NS. The van der Waals surface area contributed by atoms with Gasteiger partial charge in [-0.3, -0.25) is 0 Å². The largest absolute Gasteiger partial charge is 0.310 e. The number of hydrogen-bond donors (Lipinski definition) is 1. The summed E-state index contributed by atoms with van der Waals surface area (Å²) < 4.78 is 0. The minimum absolute atomic E-state index is 0.258. The Morgan fingerprint density at radius 2 is 2.00 bits per heavy atom. The van der Waals surface area contributed by atoms with E-state index in [0.29, 0.717) is 10.3 Å². The summed E-state index contributed by atoms with van der Waals surface area (Å²) in [7, 11) is 0. The van der Waals surface area contributed by atoms with Crippen molar-refractivity contribution in [2.24, 2.45) is 0 Å². The van der Waals surface area contributed by atoms with Gasteiger partial charge >= 0.3 is 0 Å². The number of thioether (sulfide) groups is 1. The Labute approximate surface area is 118 Å². The van der Waals surface area contributed by atoms with Gasteiger partial charge in [-0.05, 0) is 43.8 Å². The summed E-state index contributed by atoms with van der Waals surface area (Å²) in [4.78, 5) is 0. The quantitative estimate of drug-likeness (QED) is 0.809. The van der Waals surface area contributed by atoms with Crippen LogP contribution in [-0.4, -0.2) is 18.1 Å². The highest BCUT2D eigenvalue weighted by Gasteiger charge is 2.09. The molecule has 0 saturated carbocycles. The number of rotatable bonds is 6. The lowest BCUT2D eigenvalue weighted by Gasteiger charge is -2.17. The van der Waals surface area contributed by atoms with Crippen LogP contribution in [0.15, 0.2) is 18.2 Å². The van der Waals surface area contributed by atoms with E-state index in [1.54, 1.807) is 6.07 Å². The Hall–Kier alpha value is 0.110. The first-order valence-electron chi connectivity index (χ1n) is 5.75. The molecule has 0 radical (unpaired) electrons. The van der Waals surface area contributed by atoms with E-state index in [2.05, 4.69) is 25.4 Å². The van der Waals surface area contributed by atoms with Crippen molar-refractivity contribution in [1.82, 2.24) is 5.32 Å². The summed E-state index contributed by atoms with van der Waals surface area (Å²) in [5.74, 6) is 0. The second-order valence-corrected chi connectivity index (χ2v) is 6.30. The monoisotopic (exact) mass is 291 g/mol. The number of benzene rings is 1. The molecule has 0 aliphatic rings. The summed E-state index contributed by atoms with van der Waals surface area (Å²) in [5.41, 5.74) is 1.10. The van der Waals surface area contributed by atoms with Crippen LogP contribution < -0.4 is 5.32 Å². The van der Waals surface area contributed by atoms with E-state index in [4.69, 9.17) is 23.2 Å². The van der Waals surface area contributed by atoms with E-state index in [1.165, 1.54) is 0 Å². The van der Waals surface area contributed by atoms with Gasteiger partial charge in [0.25, 0.3) is 0 Å². The highest BCUT2D eigenvalue weighted by molar-refractivity contribution is 7.99. The highest BCUT2D eigenvalue weighted by atomic mass is 35.5. The zero-order chi connectivity index (χ0) is 12.8. The van der Waals surface area contributed by atoms with Crippen molar-refractivity contribution in [3.05, 3.63) is 33.8 Å². The van der Waals surface area contributed by atoms with E-state index < -0.39 is 0 Å². The Morgan fingerprint density at radius 1 is 1.29 bits per heavy atom. The van der Waals surface area contributed by atoms with Gasteiger partial charge in [0, 0.05) is 21.3 Å². The molecule has 0 spiro atoms. The van der Waals surface area contributed by atoms with Crippen molar-refractivity contribution in [2.75, 3.05) is 12.8 Å². The van der Waals surface area contributed by atoms with Crippen LogP contribution >= 0.6 is 35.0 Å². The van der Waals surface area contributed by atoms with Crippen LogP contribution in [0, 0.1) is 0 Å². The summed E-state index contributed by atoms with van der Waals surface area (Å²) in [6.45, 7) is 5.37. The van der Waals surface area contributed by atoms with Crippen LogP contribution in [0.4, 0.5) is 0 Å². The molecule has 17 heavy (non-hydrogen) atoms. The Balaban J connectivity index is 2.49. The number of halogens is 2. The van der Waals surface area contributed by atoms with E-state index in [0.717, 1.165) is 23.6 Å². The fourth-order valence-corrected chi connectivity index (χ4v) is 2.51. The minimum atomic E-state index is 0.258. The van der Waals surface area contributed by atoms with Gasteiger partial charge in [0.05, 0.1) is 0 Å². The van der Waals surface area contributed by atoms with Crippen LogP contribution in [-0.2, 0) is 0 Å². The fourth-order valence-electron chi connectivity index (χ4n) is 1.58. The molecule has 0 aliphatic heterocycles. The molecule has 1 aromatic carbocycles. The summed E-state index contributed by atoms with van der Waals surface area (Å²) in [5, 5.41) is 5.59. The first-order valence-corrected chi connectivity index (χ1v) is 7.80. The third kappa shape index (κ3) is 5.09. The Bertz CT molecular complexity index is 357. The van der Waals surface area contributed by atoms with Crippen LogP contribution in [0.2, 0.25) is 10.0 Å². The molecule has 0 aromatic heterocycles. The van der Waals surface area contributed by atoms with Crippen molar-refractivity contribution < 1.29 is 0 Å². The van der Waals surface area contributed by atoms with Gasteiger partial charge in [0.2, 0.25) is 0 Å². The van der Waals surface area contributed by atoms with Gasteiger partial charge in [-0.15, -0.1) is 0 Å². The predicted octanol–water partition coefficient (Wildman–Crippen LogP) is 4.79. The Kier molecular flexibility index (Phi) is 6.71. The fraction of sp³-hybridized carbons (Fsp3) is 0.538. The minimum Gasteiger partial charge on any atom is -0.310 e. The molecule has 1 nitrogen and oxygen atoms in total. The van der Waals surface area contributed by atoms with Gasteiger partial charge in [-0.1, -0.05) is 36.2 Å². The molecule has 2 unspecified atom stereocenters. The van der Waals surface area contributed by atoms with Crippen LogP contribution in [0.3, 0.4) is 0 Å². The smallest absolute Gasteiger partial charge is 0.0468 e. The van der Waals surface area contributed by atoms with Gasteiger partial charge in [-0.2, -0.15) is 11.8 Å². The molecule has 0 aliphatic carbocycles. The van der Waals surface area contributed by atoms with E-state index in [9.17, 15) is 0 Å². The highest BCUT2D eigenvalue weighted by Crippen LogP contribution is 2.26. The van der Waals surface area contributed by atoms with E-state index in [1.807, 2.05) is 23.9 Å². The van der Waals surface area contributed by atoms with Crippen LogP contribution in [0.5, 0.6) is 0 Å². The lowest BCUT2D eigenvalue weighted by Crippen LogP contribution is -2.22. The molecule has 0 amide bonds. The van der Waals surface area contributed by atoms with Crippen molar-refractivity contribution >= 4 is 35.0 Å². The first kappa shape index (κ1) is 15.2. The normalized spacial score (nSPS) is 14.6. The molecule has 96 valence electrons. The molecule has 2 atom stereocenters. The van der Waals surface area contributed by atoms with Crippen molar-refractivity contribution in [2.45, 2.75) is 31.6 Å². The molecule has 0 saturated heterocycles. The first-order chi connectivity index (χ1) is 8.04. The van der Waals surface area contributed by atoms with Gasteiger partial charge in [-0.25, -0.2) is 0 Å². The molecule has 0 bridgehead atoms. The molecule has 4 heteroatoms. The predicted molar refractivity (Wildman–Crippen MR) is 80.5 cm³/mol. The van der Waals surface area contributed by atoms with Crippen LogP contribution in [0.1, 0.15) is 31.9 Å². The van der Waals surface area contributed by atoms with Gasteiger partial charge in [0.1, 0.15) is 0 Å². The average molecular weight is 292 g/mol. The number of hydrogen-bond acceptors (Lipinski definition) is 2. The van der Waals surface area contributed by atoms with Crippen LogP contribution in [0.25, 0.3) is 0 Å². The lowest BCUT2D eigenvalue weighted by atomic mass is 10.1. The third-order valence-electron chi connectivity index (χ3n) is 2.83. The van der Waals surface area contributed by atoms with Crippen molar-refractivity contribution in [3.8, 4) is 0 Å². The van der Waals surface area contributed by atoms with Gasteiger partial charge in [0.15, 0.2) is 0 Å². The van der Waals surface area contributed by atoms with E-state index >= 15 is 0 Å². The Morgan fingerprint density at radius 3 is 2.59 bits per heavy atom. The SMILES string of the molecule is CSC(C)CCNC(C)c1ccc(Cl)cc1Cl. The average Bonchev–Trinajstić information content (AvgIpc) is 2.28. The van der Waals surface area contributed by atoms with Crippen molar-refractivity contribution in [1.29, 1.82) is 0 Å². The summed E-state index contributed by atoms with van der Waals surface area (Å²) in [6, 6.07) is 5.92. The molecule has 0 fully saturated rings. The zero-order valence-electron chi connectivity index (χ0n) is 10.5. The van der Waals surface area contributed by atoms with Crippen molar-refractivity contribution in [3.63, 3.8) is 0 Å². The standard InChI is InChI=1S/C13H19Cl2NS/c1-9(17-3)6-7-16-10(2)12-5-4-11(14)8-13(12)15/h4-5,8-10,16H,6-7H2,1-3H3. The lowest BCUT2D eigenvalue weighted by molar-refractivity contribution is 0.558. The second kappa shape index (κ2) is 7.52. The zero-order valence-corrected chi connectivity index (χ0v) is 12.8. The maximum Gasteiger partial charge on any atom is 0.0468 e. The van der Waals surface area contributed by atoms with Gasteiger partial charge < -0.3 is 5.32 Å². The maximum absolute atomic E-state index is 6.16. The van der Waals surface area contributed by atoms with E-state index in [-0.39, 0.29) is 6.04 Å². The molecule has 1 aromatic rings. The number of nitrogens with one attached hydrogen (secondary N) is 1. The molecular weight excluding hydrogens is 273 g/mol. The second-order valence-electron chi connectivity index (χ2n) is 4.18. The third-order valence-corrected chi connectivity index (χ3v) is 4.44. The summed E-state index contributed by atoms with van der Waals surface area (Å²) in [6.07, 6.45) is 3.31. The summed E-state index contributed by atoms with van der Waals surface area (Å²) >= 11 is 13.9. The maximum atomic E-state index is 6.16. The molecule has 1 N–H and O–H groups in total. The topological polar surface area (TPSA) is 12.0 Å².